The van der Waals surface area contributed by atoms with Gasteiger partial charge in [0.1, 0.15) is 0 Å². The van der Waals surface area contributed by atoms with Gasteiger partial charge in [-0.3, -0.25) is 4.55 Å². The summed E-state index contributed by atoms with van der Waals surface area (Å²) in [6.45, 7) is 3.80. The minimum absolute atomic E-state index is 0.0680. The summed E-state index contributed by atoms with van der Waals surface area (Å²) in [6, 6.07) is 0.0680. The number of rotatable bonds is 4. The van der Waals surface area contributed by atoms with E-state index in [0.717, 1.165) is 0 Å². The van der Waals surface area contributed by atoms with Crippen molar-refractivity contribution < 1.29 is 13.0 Å². The van der Waals surface area contributed by atoms with Crippen molar-refractivity contribution in [2.24, 2.45) is 0 Å². The van der Waals surface area contributed by atoms with Crippen LogP contribution < -0.4 is 0 Å². The first-order valence-electron chi connectivity index (χ1n) is 3.20. The van der Waals surface area contributed by atoms with Crippen LogP contribution in [0.1, 0.15) is 13.8 Å². The third-order valence-corrected chi connectivity index (χ3v) is 2.38. The van der Waals surface area contributed by atoms with Gasteiger partial charge in [0.2, 0.25) is 0 Å². The summed E-state index contributed by atoms with van der Waals surface area (Å²) >= 11 is 5.58. The number of halogens is 1. The molecule has 0 spiro atoms. The third-order valence-electron chi connectivity index (χ3n) is 1.12. The van der Waals surface area contributed by atoms with E-state index < -0.39 is 10.1 Å². The zero-order valence-corrected chi connectivity index (χ0v) is 8.06. The topological polar surface area (TPSA) is 57.6 Å². The van der Waals surface area contributed by atoms with Crippen molar-refractivity contribution >= 4 is 21.9 Å². The van der Waals surface area contributed by atoms with E-state index in [1.54, 1.807) is 0 Å². The fourth-order valence-electron chi connectivity index (χ4n) is 0.461. The minimum atomic E-state index is -3.88. The van der Waals surface area contributed by atoms with Gasteiger partial charge in [0.05, 0.1) is 5.75 Å². The lowest BCUT2D eigenvalue weighted by Crippen LogP contribution is -2.26. The fraction of sp³-hybridized carbons (Fsp3) is 1.00. The molecule has 0 atom stereocenters. The second-order valence-corrected chi connectivity index (χ2v) is 4.51. The summed E-state index contributed by atoms with van der Waals surface area (Å²) in [5.74, 6) is -0.325. The number of hydrogen-bond acceptors (Lipinski definition) is 3. The van der Waals surface area contributed by atoms with Crippen LogP contribution in [0.2, 0.25) is 0 Å². The molecule has 1 N–H and O–H groups in total. The Morgan fingerprint density at radius 3 is 2.27 bits per heavy atom. The van der Waals surface area contributed by atoms with Crippen molar-refractivity contribution in [2.75, 3.05) is 12.3 Å². The Bertz CT molecular complexity index is 202. The molecule has 0 saturated heterocycles. The van der Waals surface area contributed by atoms with Gasteiger partial charge in [-0.25, -0.2) is 4.42 Å². The van der Waals surface area contributed by atoms with E-state index in [-0.39, 0.29) is 18.3 Å². The summed E-state index contributed by atoms with van der Waals surface area (Å²) in [7, 11) is -3.88. The fourth-order valence-corrected chi connectivity index (χ4v) is 1.07. The first kappa shape index (κ1) is 11.2. The normalized spacial score (nSPS) is 12.9. The van der Waals surface area contributed by atoms with E-state index in [1.165, 1.54) is 4.42 Å². The van der Waals surface area contributed by atoms with Crippen LogP contribution in [0.15, 0.2) is 0 Å². The molecule has 0 aliphatic rings. The van der Waals surface area contributed by atoms with Gasteiger partial charge in [-0.2, -0.15) is 8.42 Å². The van der Waals surface area contributed by atoms with Gasteiger partial charge >= 0.3 is 0 Å². The summed E-state index contributed by atoms with van der Waals surface area (Å²) in [5.41, 5.74) is 0. The van der Waals surface area contributed by atoms with Crippen molar-refractivity contribution in [3.8, 4) is 0 Å². The highest BCUT2D eigenvalue weighted by Crippen LogP contribution is 2.01. The van der Waals surface area contributed by atoms with Gasteiger partial charge in [-0.1, -0.05) is 0 Å². The number of hydrogen-bond donors (Lipinski definition) is 1. The van der Waals surface area contributed by atoms with Gasteiger partial charge in [-0.15, -0.1) is 0 Å². The molecule has 0 saturated carbocycles. The van der Waals surface area contributed by atoms with E-state index in [2.05, 4.69) is 0 Å². The van der Waals surface area contributed by atoms with E-state index in [4.69, 9.17) is 16.3 Å². The molecule has 4 nitrogen and oxygen atoms in total. The van der Waals surface area contributed by atoms with Crippen LogP contribution in [-0.4, -0.2) is 35.7 Å². The van der Waals surface area contributed by atoms with Gasteiger partial charge in [0, 0.05) is 12.6 Å². The molecule has 0 aliphatic carbocycles. The van der Waals surface area contributed by atoms with E-state index in [1.807, 2.05) is 13.8 Å². The molecule has 0 bridgehead atoms. The third kappa shape index (κ3) is 6.55. The van der Waals surface area contributed by atoms with Crippen molar-refractivity contribution in [1.82, 2.24) is 4.42 Å². The Hall–Kier alpha value is 0.160. The second kappa shape index (κ2) is 4.25. The standard InChI is InChI=1S/C5H12ClNO3S/c1-5(2)7(6)3-4-11(8,9)10/h5H,3-4H2,1-2H3,(H,8,9,10). The largest absolute Gasteiger partial charge is 0.286 e. The quantitative estimate of drug-likeness (QED) is 0.539. The summed E-state index contributed by atoms with van der Waals surface area (Å²) < 4.78 is 30.1. The van der Waals surface area contributed by atoms with E-state index in [9.17, 15) is 8.42 Å². The molecule has 0 fully saturated rings. The first-order valence-corrected chi connectivity index (χ1v) is 5.15. The SMILES string of the molecule is CC(C)N(Cl)CCS(=O)(=O)O. The zero-order chi connectivity index (χ0) is 9.07. The maximum Gasteiger partial charge on any atom is 0.266 e. The first-order chi connectivity index (χ1) is 4.83. The lowest BCUT2D eigenvalue weighted by molar-refractivity contribution is 0.393. The van der Waals surface area contributed by atoms with Crippen molar-refractivity contribution in [3.05, 3.63) is 0 Å². The van der Waals surface area contributed by atoms with Crippen LogP contribution in [0.3, 0.4) is 0 Å². The van der Waals surface area contributed by atoms with Gasteiger partial charge < -0.3 is 0 Å². The molecule has 11 heavy (non-hydrogen) atoms. The highest BCUT2D eigenvalue weighted by atomic mass is 35.5. The monoisotopic (exact) mass is 201 g/mol. The Kier molecular flexibility index (Phi) is 4.31. The maximum absolute atomic E-state index is 10.2. The van der Waals surface area contributed by atoms with Crippen LogP contribution in [0.5, 0.6) is 0 Å². The van der Waals surface area contributed by atoms with E-state index in [0.29, 0.717) is 0 Å². The summed E-state index contributed by atoms with van der Waals surface area (Å²) in [4.78, 5) is 0. The molecule has 0 rings (SSSR count). The zero-order valence-electron chi connectivity index (χ0n) is 6.49. The predicted octanol–water partition coefficient (Wildman–Crippen LogP) is 0.738. The number of nitrogens with zero attached hydrogens (tertiary/aromatic N) is 1. The van der Waals surface area contributed by atoms with Crippen LogP contribution in [0.25, 0.3) is 0 Å². The Balaban J connectivity index is 3.72. The van der Waals surface area contributed by atoms with Crippen LogP contribution in [0, 0.1) is 0 Å². The molecule has 68 valence electrons. The lowest BCUT2D eigenvalue weighted by atomic mass is 10.4. The average molecular weight is 202 g/mol. The lowest BCUT2D eigenvalue weighted by Gasteiger charge is -2.15. The van der Waals surface area contributed by atoms with Crippen LogP contribution >= 0.6 is 11.8 Å². The molecule has 6 heteroatoms. The molecule has 0 amide bonds. The molecule has 0 aliphatic heterocycles. The van der Waals surface area contributed by atoms with Gasteiger partial charge in [0.25, 0.3) is 10.1 Å². The van der Waals surface area contributed by atoms with E-state index >= 15 is 0 Å². The van der Waals surface area contributed by atoms with Crippen molar-refractivity contribution in [3.63, 3.8) is 0 Å². The van der Waals surface area contributed by atoms with Crippen molar-refractivity contribution in [2.45, 2.75) is 19.9 Å². The minimum Gasteiger partial charge on any atom is -0.286 e. The molecule has 0 aromatic heterocycles. The molecule has 0 aromatic rings. The Labute approximate surface area is 72.0 Å². The molecule has 0 unspecified atom stereocenters. The Morgan fingerprint density at radius 2 is 2.00 bits per heavy atom. The Morgan fingerprint density at radius 1 is 1.55 bits per heavy atom. The summed E-state index contributed by atoms with van der Waals surface area (Å²) in [5, 5.41) is 0. The molecule has 0 aromatic carbocycles. The average Bonchev–Trinajstić information content (AvgIpc) is 1.80. The van der Waals surface area contributed by atoms with Gasteiger partial charge in [-0.05, 0) is 25.6 Å². The maximum atomic E-state index is 10.2. The molecular weight excluding hydrogens is 190 g/mol. The second-order valence-electron chi connectivity index (χ2n) is 2.50. The highest BCUT2D eigenvalue weighted by molar-refractivity contribution is 7.85. The molecule has 0 heterocycles. The molecule has 0 radical (unpaired) electrons. The molecular formula is C5H12ClNO3S. The van der Waals surface area contributed by atoms with Gasteiger partial charge in [0.15, 0.2) is 0 Å². The van der Waals surface area contributed by atoms with Crippen LogP contribution in [0.4, 0.5) is 0 Å². The van der Waals surface area contributed by atoms with Crippen LogP contribution in [-0.2, 0) is 10.1 Å². The highest BCUT2D eigenvalue weighted by Gasteiger charge is 2.10. The summed E-state index contributed by atoms with van der Waals surface area (Å²) in [6.07, 6.45) is 0. The predicted molar refractivity (Wildman–Crippen MR) is 44.1 cm³/mol. The smallest absolute Gasteiger partial charge is 0.266 e. The van der Waals surface area contributed by atoms with Crippen molar-refractivity contribution in [1.29, 1.82) is 0 Å².